The number of amides is 2. The van der Waals surface area contributed by atoms with Crippen molar-refractivity contribution in [2.75, 3.05) is 31.1 Å². The smallest absolute Gasteiger partial charge is 0.317 e. The molecule has 0 bridgehead atoms. The normalized spacial score (nSPS) is 19.2. The molecule has 2 aliphatic rings. The number of ether oxygens (including phenoxy) is 1. The minimum atomic E-state index is 0.110. The molecule has 1 aromatic rings. The fourth-order valence-electron chi connectivity index (χ4n) is 3.74. The second-order valence-corrected chi connectivity index (χ2v) is 7.39. The maximum Gasteiger partial charge on any atom is 0.317 e. The maximum absolute atomic E-state index is 12.5. The van der Waals surface area contributed by atoms with E-state index in [4.69, 9.17) is 4.74 Å². The lowest BCUT2D eigenvalue weighted by molar-refractivity contribution is 0.186. The molecule has 0 aromatic heterocycles. The predicted molar refractivity (Wildman–Crippen MR) is 101 cm³/mol. The molecule has 0 spiro atoms. The van der Waals surface area contributed by atoms with E-state index in [0.717, 1.165) is 50.5 Å². The summed E-state index contributed by atoms with van der Waals surface area (Å²) in [6.45, 7) is 7.30. The van der Waals surface area contributed by atoms with Gasteiger partial charge in [0.1, 0.15) is 5.75 Å². The van der Waals surface area contributed by atoms with Crippen molar-refractivity contribution in [2.45, 2.75) is 58.1 Å². The van der Waals surface area contributed by atoms with Crippen molar-refractivity contribution in [3.63, 3.8) is 0 Å². The highest BCUT2D eigenvalue weighted by molar-refractivity contribution is 5.75. The first-order valence-corrected chi connectivity index (χ1v) is 9.69. The van der Waals surface area contributed by atoms with Gasteiger partial charge in [-0.3, -0.25) is 0 Å². The quantitative estimate of drug-likeness (QED) is 0.906. The number of para-hydroxylation sites is 2. The zero-order valence-electron chi connectivity index (χ0n) is 15.5. The summed E-state index contributed by atoms with van der Waals surface area (Å²) < 4.78 is 5.94. The molecule has 3 rings (SSSR count). The van der Waals surface area contributed by atoms with E-state index in [-0.39, 0.29) is 12.1 Å². The fraction of sp³-hybridized carbons (Fsp3) is 0.650. The number of benzene rings is 1. The van der Waals surface area contributed by atoms with Gasteiger partial charge >= 0.3 is 6.03 Å². The van der Waals surface area contributed by atoms with Crippen molar-refractivity contribution in [3.05, 3.63) is 24.3 Å². The van der Waals surface area contributed by atoms with Crippen LogP contribution < -0.4 is 15.0 Å². The number of piperazine rings is 1. The molecule has 2 fully saturated rings. The lowest BCUT2D eigenvalue weighted by atomic mass is 9.96. The largest absolute Gasteiger partial charge is 0.489 e. The molecule has 1 aromatic carbocycles. The van der Waals surface area contributed by atoms with E-state index in [1.807, 2.05) is 36.9 Å². The second kappa shape index (κ2) is 8.45. The molecule has 25 heavy (non-hydrogen) atoms. The lowest BCUT2D eigenvalue weighted by Crippen LogP contribution is -2.53. The molecule has 0 radical (unpaired) electrons. The molecule has 138 valence electrons. The maximum atomic E-state index is 12.5. The number of carbonyl (C=O) groups is 1. The Balaban J connectivity index is 1.54. The van der Waals surface area contributed by atoms with E-state index in [0.29, 0.717) is 6.04 Å². The molecule has 0 atom stereocenters. The van der Waals surface area contributed by atoms with Crippen LogP contribution in [0.1, 0.15) is 46.0 Å². The van der Waals surface area contributed by atoms with E-state index < -0.39 is 0 Å². The summed E-state index contributed by atoms with van der Waals surface area (Å²) in [7, 11) is 0. The van der Waals surface area contributed by atoms with Crippen LogP contribution in [0.3, 0.4) is 0 Å². The number of hydrogen-bond acceptors (Lipinski definition) is 3. The third-order valence-electron chi connectivity index (χ3n) is 5.07. The number of rotatable bonds is 4. The van der Waals surface area contributed by atoms with Gasteiger partial charge in [0.05, 0.1) is 11.8 Å². The zero-order valence-corrected chi connectivity index (χ0v) is 15.5. The van der Waals surface area contributed by atoms with E-state index in [1.165, 1.54) is 19.3 Å². The number of nitrogens with zero attached hydrogens (tertiary/aromatic N) is 2. The van der Waals surface area contributed by atoms with Gasteiger partial charge in [0.15, 0.2) is 0 Å². The number of anilines is 1. The molecule has 1 aliphatic carbocycles. The van der Waals surface area contributed by atoms with Crippen LogP contribution in [0.15, 0.2) is 24.3 Å². The number of urea groups is 1. The van der Waals surface area contributed by atoms with Crippen molar-refractivity contribution in [3.8, 4) is 5.75 Å². The Kier molecular flexibility index (Phi) is 6.05. The Morgan fingerprint density at radius 3 is 2.44 bits per heavy atom. The molecule has 1 saturated carbocycles. The standard InChI is InChI=1S/C20H31N3O2/c1-16(2)25-19-11-7-6-10-18(19)22-12-14-23(15-13-22)20(24)21-17-8-4-3-5-9-17/h6-7,10-11,16-17H,3-5,8-9,12-15H2,1-2H3,(H,21,24). The Bertz CT molecular complexity index is 562. The van der Waals surface area contributed by atoms with Gasteiger partial charge in [-0.15, -0.1) is 0 Å². The monoisotopic (exact) mass is 345 g/mol. The summed E-state index contributed by atoms with van der Waals surface area (Å²) in [5, 5.41) is 3.22. The minimum Gasteiger partial charge on any atom is -0.489 e. The van der Waals surface area contributed by atoms with Crippen LogP contribution in [-0.2, 0) is 0 Å². The van der Waals surface area contributed by atoms with Gasteiger partial charge in [0.2, 0.25) is 0 Å². The summed E-state index contributed by atoms with van der Waals surface area (Å²) in [5.74, 6) is 0.928. The summed E-state index contributed by atoms with van der Waals surface area (Å²) in [5.41, 5.74) is 1.13. The van der Waals surface area contributed by atoms with Gasteiger partial charge in [-0.05, 0) is 38.8 Å². The third kappa shape index (κ3) is 4.80. The molecular weight excluding hydrogens is 314 g/mol. The van der Waals surface area contributed by atoms with Gasteiger partial charge < -0.3 is 19.9 Å². The first kappa shape index (κ1) is 17.9. The average Bonchev–Trinajstić information content (AvgIpc) is 2.63. The van der Waals surface area contributed by atoms with E-state index in [2.05, 4.69) is 16.3 Å². The van der Waals surface area contributed by atoms with Gasteiger partial charge in [-0.25, -0.2) is 4.79 Å². The van der Waals surface area contributed by atoms with Gasteiger partial charge in [0.25, 0.3) is 0 Å². The summed E-state index contributed by atoms with van der Waals surface area (Å²) in [6, 6.07) is 8.67. The highest BCUT2D eigenvalue weighted by Gasteiger charge is 2.25. The Morgan fingerprint density at radius 2 is 1.76 bits per heavy atom. The highest BCUT2D eigenvalue weighted by Crippen LogP contribution is 2.29. The van der Waals surface area contributed by atoms with Crippen molar-refractivity contribution in [1.82, 2.24) is 10.2 Å². The van der Waals surface area contributed by atoms with Gasteiger partial charge in [-0.2, -0.15) is 0 Å². The van der Waals surface area contributed by atoms with Crippen molar-refractivity contribution < 1.29 is 9.53 Å². The zero-order chi connectivity index (χ0) is 17.6. The average molecular weight is 345 g/mol. The van der Waals surface area contributed by atoms with Crippen LogP contribution >= 0.6 is 0 Å². The minimum absolute atomic E-state index is 0.110. The van der Waals surface area contributed by atoms with Crippen molar-refractivity contribution in [1.29, 1.82) is 0 Å². The second-order valence-electron chi connectivity index (χ2n) is 7.39. The summed E-state index contributed by atoms with van der Waals surface area (Å²) in [4.78, 5) is 16.8. The van der Waals surface area contributed by atoms with Crippen LogP contribution in [0.4, 0.5) is 10.5 Å². The molecule has 2 amide bonds. The highest BCUT2D eigenvalue weighted by atomic mass is 16.5. The SMILES string of the molecule is CC(C)Oc1ccccc1N1CCN(C(=O)NC2CCCCC2)CC1. The van der Waals surface area contributed by atoms with Crippen molar-refractivity contribution >= 4 is 11.7 Å². The molecule has 5 heteroatoms. The topological polar surface area (TPSA) is 44.8 Å². The van der Waals surface area contributed by atoms with Crippen molar-refractivity contribution in [2.24, 2.45) is 0 Å². The fourth-order valence-corrected chi connectivity index (χ4v) is 3.74. The molecular formula is C20H31N3O2. The molecule has 1 N–H and O–H groups in total. The number of hydrogen-bond donors (Lipinski definition) is 1. The van der Waals surface area contributed by atoms with Crippen LogP contribution in [0.5, 0.6) is 5.75 Å². The molecule has 1 aliphatic heterocycles. The molecule has 1 heterocycles. The van der Waals surface area contributed by atoms with Gasteiger partial charge in [-0.1, -0.05) is 31.4 Å². The molecule has 5 nitrogen and oxygen atoms in total. The summed E-state index contributed by atoms with van der Waals surface area (Å²) in [6.07, 6.45) is 6.21. The lowest BCUT2D eigenvalue weighted by Gasteiger charge is -2.37. The van der Waals surface area contributed by atoms with E-state index in [1.54, 1.807) is 0 Å². The Hall–Kier alpha value is -1.91. The Labute approximate surface area is 151 Å². The third-order valence-corrected chi connectivity index (χ3v) is 5.07. The van der Waals surface area contributed by atoms with Crippen LogP contribution in [0.2, 0.25) is 0 Å². The summed E-state index contributed by atoms with van der Waals surface area (Å²) >= 11 is 0. The molecule has 0 unspecified atom stereocenters. The van der Waals surface area contributed by atoms with E-state index >= 15 is 0 Å². The number of nitrogens with one attached hydrogen (secondary N) is 1. The predicted octanol–water partition coefficient (Wildman–Crippen LogP) is 3.64. The van der Waals surface area contributed by atoms with E-state index in [9.17, 15) is 4.79 Å². The number of carbonyl (C=O) groups excluding carboxylic acids is 1. The van der Waals surface area contributed by atoms with Gasteiger partial charge in [0, 0.05) is 32.2 Å². The van der Waals surface area contributed by atoms with Crippen LogP contribution in [0.25, 0.3) is 0 Å². The first-order chi connectivity index (χ1) is 12.1. The van der Waals surface area contributed by atoms with Crippen LogP contribution in [-0.4, -0.2) is 49.3 Å². The Morgan fingerprint density at radius 1 is 1.08 bits per heavy atom. The molecule has 1 saturated heterocycles. The first-order valence-electron chi connectivity index (χ1n) is 9.69. The van der Waals surface area contributed by atoms with Crippen LogP contribution in [0, 0.1) is 0 Å².